The van der Waals surface area contributed by atoms with E-state index in [1.54, 1.807) is 25.1 Å². The fourth-order valence-electron chi connectivity index (χ4n) is 2.46. The fourth-order valence-corrected chi connectivity index (χ4v) is 2.46. The van der Waals surface area contributed by atoms with Crippen LogP contribution in [0.15, 0.2) is 24.3 Å². The molecule has 0 radical (unpaired) electrons. The summed E-state index contributed by atoms with van der Waals surface area (Å²) in [5.74, 6) is -0.430. The minimum Gasteiger partial charge on any atom is -0.508 e. The largest absolute Gasteiger partial charge is 0.508 e. The molecule has 20 heavy (non-hydrogen) atoms. The van der Waals surface area contributed by atoms with Gasteiger partial charge in [-0.15, -0.1) is 0 Å². The van der Waals surface area contributed by atoms with Crippen molar-refractivity contribution in [2.24, 2.45) is 0 Å². The Morgan fingerprint density at radius 2 is 1.80 bits per heavy atom. The number of benzene rings is 2. The maximum absolute atomic E-state index is 11.9. The number of hydrogen-bond donors (Lipinski definition) is 1. The van der Waals surface area contributed by atoms with Gasteiger partial charge in [0.05, 0.1) is 7.11 Å². The highest BCUT2D eigenvalue weighted by molar-refractivity contribution is 6.50. The average molecular weight is 268 g/mol. The summed E-state index contributed by atoms with van der Waals surface area (Å²) in [4.78, 5) is 23.4. The number of fused-ring (bicyclic) bond motifs is 2. The molecule has 1 N–H and O–H groups in total. The Bertz CT molecular complexity index is 800. The number of aryl methyl sites for hydroxylation is 1. The van der Waals surface area contributed by atoms with Crippen molar-refractivity contribution in [1.82, 2.24) is 0 Å². The number of phenolic OH excluding ortho intramolecular Hbond substituents is 1. The maximum atomic E-state index is 11.9. The van der Waals surface area contributed by atoms with Crippen LogP contribution in [0.2, 0.25) is 0 Å². The number of aromatic hydroxyl groups is 1. The highest BCUT2D eigenvalue weighted by Gasteiger charge is 2.23. The number of rotatable bonds is 1. The third-order valence-electron chi connectivity index (χ3n) is 3.61. The van der Waals surface area contributed by atoms with Gasteiger partial charge in [-0.3, -0.25) is 9.59 Å². The molecule has 0 atom stereocenters. The molecule has 0 saturated carbocycles. The third kappa shape index (κ3) is 1.61. The van der Waals surface area contributed by atoms with Crippen molar-refractivity contribution >= 4 is 28.4 Å². The maximum Gasteiger partial charge on any atom is 0.233 e. The molecular formula is C16H12O4. The number of phenols is 1. The molecule has 2 aromatic carbocycles. The molecular weight excluding hydrogens is 256 g/mol. The van der Waals surface area contributed by atoms with E-state index in [1.807, 2.05) is 0 Å². The minimum atomic E-state index is -0.522. The molecule has 100 valence electrons. The van der Waals surface area contributed by atoms with Crippen LogP contribution >= 0.6 is 0 Å². The Balaban J connectivity index is 2.43. The molecule has 2 aromatic rings. The number of methoxy groups -OCH3 is 1. The molecule has 0 aromatic heterocycles. The predicted octanol–water partition coefficient (Wildman–Crippen LogP) is 2.64. The minimum absolute atomic E-state index is 0.136. The van der Waals surface area contributed by atoms with Crippen LogP contribution in [0.5, 0.6) is 11.5 Å². The van der Waals surface area contributed by atoms with Gasteiger partial charge in [-0.25, -0.2) is 0 Å². The number of hydrogen-bond acceptors (Lipinski definition) is 4. The van der Waals surface area contributed by atoms with Gasteiger partial charge in [-0.05, 0) is 41.6 Å². The van der Waals surface area contributed by atoms with Gasteiger partial charge in [0.25, 0.3) is 0 Å². The van der Waals surface area contributed by atoms with E-state index in [0.717, 1.165) is 5.39 Å². The van der Waals surface area contributed by atoms with E-state index in [2.05, 4.69) is 0 Å². The molecule has 1 aliphatic carbocycles. The van der Waals surface area contributed by atoms with Crippen LogP contribution in [-0.2, 0) is 4.79 Å². The highest BCUT2D eigenvalue weighted by Crippen LogP contribution is 2.37. The Labute approximate surface area is 115 Å². The van der Waals surface area contributed by atoms with Gasteiger partial charge in [0, 0.05) is 17.0 Å². The van der Waals surface area contributed by atoms with Gasteiger partial charge in [-0.2, -0.15) is 0 Å². The molecule has 4 nitrogen and oxygen atoms in total. The summed E-state index contributed by atoms with van der Waals surface area (Å²) in [6.07, 6.45) is 2.89. The summed E-state index contributed by atoms with van der Waals surface area (Å²) in [6, 6.07) is 4.96. The van der Waals surface area contributed by atoms with Crippen LogP contribution in [0.25, 0.3) is 16.8 Å². The van der Waals surface area contributed by atoms with E-state index in [1.165, 1.54) is 19.3 Å². The van der Waals surface area contributed by atoms with E-state index >= 15 is 0 Å². The normalized spacial score (nSPS) is 13.7. The Hall–Kier alpha value is -2.62. The predicted molar refractivity (Wildman–Crippen MR) is 75.3 cm³/mol. The zero-order valence-electron chi connectivity index (χ0n) is 11.1. The van der Waals surface area contributed by atoms with Gasteiger partial charge in [0.2, 0.25) is 11.6 Å². The average Bonchev–Trinajstić information content (AvgIpc) is 2.46. The van der Waals surface area contributed by atoms with Crippen molar-refractivity contribution in [3.8, 4) is 11.5 Å². The lowest BCUT2D eigenvalue weighted by Gasteiger charge is -2.15. The van der Waals surface area contributed by atoms with E-state index in [9.17, 15) is 14.7 Å². The first kappa shape index (κ1) is 12.4. The second kappa shape index (κ2) is 4.20. The summed E-state index contributed by atoms with van der Waals surface area (Å²) < 4.78 is 5.24. The molecule has 0 aliphatic heterocycles. The summed E-state index contributed by atoms with van der Waals surface area (Å²) in [7, 11) is 1.50. The molecule has 4 heteroatoms. The molecule has 0 fully saturated rings. The van der Waals surface area contributed by atoms with Gasteiger partial charge in [-0.1, -0.05) is 6.08 Å². The van der Waals surface area contributed by atoms with Crippen molar-refractivity contribution in [2.45, 2.75) is 6.92 Å². The molecule has 1 aliphatic rings. The van der Waals surface area contributed by atoms with Crippen LogP contribution in [0.3, 0.4) is 0 Å². The number of carbonyl (C=O) groups is 2. The Morgan fingerprint density at radius 1 is 1.05 bits per heavy atom. The molecule has 0 unspecified atom stereocenters. The second-order valence-electron chi connectivity index (χ2n) is 4.73. The smallest absolute Gasteiger partial charge is 0.233 e. The van der Waals surface area contributed by atoms with Crippen LogP contribution in [-0.4, -0.2) is 23.8 Å². The summed E-state index contributed by atoms with van der Waals surface area (Å²) in [6.45, 7) is 1.79. The Morgan fingerprint density at radius 3 is 2.50 bits per heavy atom. The molecule has 0 spiro atoms. The molecule has 3 rings (SSSR count). The van der Waals surface area contributed by atoms with Gasteiger partial charge in [0.1, 0.15) is 11.5 Å². The number of allylic oxidation sites excluding steroid dienone is 1. The van der Waals surface area contributed by atoms with Crippen LogP contribution in [0.1, 0.15) is 21.5 Å². The van der Waals surface area contributed by atoms with Crippen LogP contribution in [0.4, 0.5) is 0 Å². The summed E-state index contributed by atoms with van der Waals surface area (Å²) in [5.41, 5.74) is 1.76. The number of ether oxygens (including phenoxy) is 1. The zero-order valence-corrected chi connectivity index (χ0v) is 11.1. The van der Waals surface area contributed by atoms with E-state index in [-0.39, 0.29) is 5.75 Å². The van der Waals surface area contributed by atoms with Crippen LogP contribution in [0, 0.1) is 6.92 Å². The van der Waals surface area contributed by atoms with Gasteiger partial charge in [0.15, 0.2) is 0 Å². The summed E-state index contributed by atoms with van der Waals surface area (Å²) >= 11 is 0. The first-order valence-corrected chi connectivity index (χ1v) is 6.14. The lowest BCUT2D eigenvalue weighted by atomic mass is 9.90. The van der Waals surface area contributed by atoms with Crippen molar-refractivity contribution in [3.05, 3.63) is 41.0 Å². The fraction of sp³-hybridized carbons (Fsp3) is 0.125. The Kier molecular flexibility index (Phi) is 2.61. The topological polar surface area (TPSA) is 63.6 Å². The van der Waals surface area contributed by atoms with E-state index in [0.29, 0.717) is 27.8 Å². The van der Waals surface area contributed by atoms with Crippen molar-refractivity contribution in [2.75, 3.05) is 7.11 Å². The highest BCUT2D eigenvalue weighted by atomic mass is 16.5. The SMILES string of the molecule is COc1cc(O)c(C)c2cc3c(cc12)C(=O)C(=O)C=C3. The van der Waals surface area contributed by atoms with Crippen LogP contribution < -0.4 is 4.74 Å². The lowest BCUT2D eigenvalue weighted by Crippen LogP contribution is -2.16. The number of ketones is 2. The quantitative estimate of drug-likeness (QED) is 0.807. The molecule has 0 bridgehead atoms. The van der Waals surface area contributed by atoms with Gasteiger partial charge >= 0.3 is 0 Å². The monoisotopic (exact) mass is 268 g/mol. The summed E-state index contributed by atoms with van der Waals surface area (Å²) in [5, 5.41) is 11.4. The molecule has 0 heterocycles. The van der Waals surface area contributed by atoms with Crippen molar-refractivity contribution in [3.63, 3.8) is 0 Å². The van der Waals surface area contributed by atoms with Crippen molar-refractivity contribution in [1.29, 1.82) is 0 Å². The van der Waals surface area contributed by atoms with Crippen molar-refractivity contribution < 1.29 is 19.4 Å². The molecule has 0 saturated heterocycles. The van der Waals surface area contributed by atoms with E-state index in [4.69, 9.17) is 4.74 Å². The number of carbonyl (C=O) groups excluding carboxylic acids is 2. The second-order valence-corrected chi connectivity index (χ2v) is 4.73. The first-order valence-electron chi connectivity index (χ1n) is 6.14. The first-order chi connectivity index (χ1) is 9.52. The van der Waals surface area contributed by atoms with E-state index < -0.39 is 11.6 Å². The standard InChI is InChI=1S/C16H12O4/c1-8-10-5-9-3-4-13(17)16(19)11(9)6-12(10)15(20-2)7-14(8)18/h3-7,18H,1-2H3. The third-order valence-corrected chi connectivity index (χ3v) is 3.61. The molecule has 0 amide bonds. The lowest BCUT2D eigenvalue weighted by molar-refractivity contribution is -0.110. The number of Topliss-reactive ketones (excluding diaryl/α,β-unsaturated/α-hetero) is 1. The zero-order chi connectivity index (χ0) is 14.4. The van der Waals surface area contributed by atoms with Gasteiger partial charge < -0.3 is 9.84 Å².